The lowest BCUT2D eigenvalue weighted by atomic mass is 9.99. The summed E-state index contributed by atoms with van der Waals surface area (Å²) in [5.74, 6) is 0.270. The van der Waals surface area contributed by atoms with Gasteiger partial charge in [-0.15, -0.1) is 0 Å². The summed E-state index contributed by atoms with van der Waals surface area (Å²) in [7, 11) is 1.74. The maximum atomic E-state index is 12.7. The zero-order chi connectivity index (χ0) is 18.1. The Morgan fingerprint density at radius 2 is 1.80 bits per heavy atom. The lowest BCUT2D eigenvalue weighted by molar-refractivity contribution is 0.0796. The molecular formula is C20H22N2O3. The number of aryl methyl sites for hydroxylation is 3. The molecule has 0 unspecified atom stereocenters. The van der Waals surface area contributed by atoms with E-state index < -0.39 is 0 Å². The number of nitrogens with one attached hydrogen (secondary N) is 1. The van der Waals surface area contributed by atoms with E-state index in [4.69, 9.17) is 4.74 Å². The lowest BCUT2D eigenvalue weighted by Gasteiger charge is -2.14. The minimum absolute atomic E-state index is 0.105. The summed E-state index contributed by atoms with van der Waals surface area (Å²) < 4.78 is 5.61. The molecule has 1 aliphatic heterocycles. The Hall–Kier alpha value is -2.82. The molecule has 0 aromatic heterocycles. The molecule has 1 N–H and O–H groups in total. The average molecular weight is 338 g/mol. The van der Waals surface area contributed by atoms with E-state index in [1.807, 2.05) is 32.9 Å². The molecule has 5 heteroatoms. The molecule has 0 saturated heterocycles. The second kappa shape index (κ2) is 6.59. The Morgan fingerprint density at radius 3 is 2.48 bits per heavy atom. The Bertz CT molecular complexity index is 835. The third kappa shape index (κ3) is 3.36. The van der Waals surface area contributed by atoms with E-state index in [-0.39, 0.29) is 11.8 Å². The number of anilines is 1. The first-order valence-corrected chi connectivity index (χ1v) is 8.28. The van der Waals surface area contributed by atoms with E-state index in [2.05, 4.69) is 5.32 Å². The fourth-order valence-corrected chi connectivity index (χ4v) is 3.23. The van der Waals surface area contributed by atoms with Crippen LogP contribution in [0.3, 0.4) is 0 Å². The zero-order valence-electron chi connectivity index (χ0n) is 15.0. The van der Waals surface area contributed by atoms with Crippen molar-refractivity contribution in [3.63, 3.8) is 0 Å². The van der Waals surface area contributed by atoms with E-state index in [0.29, 0.717) is 35.7 Å². The van der Waals surface area contributed by atoms with Crippen LogP contribution in [0.2, 0.25) is 0 Å². The molecule has 2 amide bonds. The Kier molecular flexibility index (Phi) is 4.49. The van der Waals surface area contributed by atoms with Crippen molar-refractivity contribution in [1.82, 2.24) is 4.90 Å². The van der Waals surface area contributed by atoms with Gasteiger partial charge in [-0.2, -0.15) is 0 Å². The van der Waals surface area contributed by atoms with Gasteiger partial charge in [0.2, 0.25) is 0 Å². The Balaban J connectivity index is 1.91. The van der Waals surface area contributed by atoms with Gasteiger partial charge in [0, 0.05) is 18.3 Å². The van der Waals surface area contributed by atoms with Crippen LogP contribution in [0, 0.1) is 20.8 Å². The van der Waals surface area contributed by atoms with Crippen LogP contribution in [0.15, 0.2) is 30.3 Å². The van der Waals surface area contributed by atoms with Crippen molar-refractivity contribution in [3.05, 3.63) is 58.1 Å². The summed E-state index contributed by atoms with van der Waals surface area (Å²) in [6, 6.07) is 9.15. The van der Waals surface area contributed by atoms with Crippen molar-refractivity contribution >= 4 is 17.5 Å². The van der Waals surface area contributed by atoms with Crippen molar-refractivity contribution < 1.29 is 14.3 Å². The number of carbonyl (C=O) groups excluding carboxylic acids is 2. The lowest BCUT2D eigenvalue weighted by Crippen LogP contribution is -2.27. The first kappa shape index (κ1) is 17.0. The number of ether oxygens (including phenoxy) is 1. The van der Waals surface area contributed by atoms with E-state index in [1.165, 1.54) is 0 Å². The van der Waals surface area contributed by atoms with Gasteiger partial charge in [-0.05, 0) is 50.1 Å². The van der Waals surface area contributed by atoms with E-state index >= 15 is 0 Å². The van der Waals surface area contributed by atoms with Gasteiger partial charge in [-0.1, -0.05) is 17.7 Å². The first-order valence-electron chi connectivity index (χ1n) is 8.28. The predicted octanol–water partition coefficient (Wildman–Crippen LogP) is 3.33. The van der Waals surface area contributed by atoms with Gasteiger partial charge in [0.1, 0.15) is 12.4 Å². The first-order chi connectivity index (χ1) is 11.9. The second-order valence-corrected chi connectivity index (χ2v) is 6.51. The maximum Gasteiger partial charge on any atom is 0.257 e. The number of fused-ring (bicyclic) bond motifs is 1. The number of hydrogen-bond acceptors (Lipinski definition) is 3. The summed E-state index contributed by atoms with van der Waals surface area (Å²) in [6.45, 7) is 6.87. The number of hydrogen-bond donors (Lipinski definition) is 1. The number of rotatable bonds is 2. The smallest absolute Gasteiger partial charge is 0.257 e. The van der Waals surface area contributed by atoms with E-state index in [9.17, 15) is 9.59 Å². The molecular weight excluding hydrogens is 316 g/mol. The molecule has 0 radical (unpaired) electrons. The molecule has 0 bridgehead atoms. The number of nitrogens with zero attached hydrogens (tertiary/aromatic N) is 1. The highest BCUT2D eigenvalue weighted by atomic mass is 16.5. The molecule has 0 atom stereocenters. The molecule has 1 aliphatic rings. The van der Waals surface area contributed by atoms with Crippen molar-refractivity contribution in [2.24, 2.45) is 0 Å². The van der Waals surface area contributed by atoms with Crippen LogP contribution >= 0.6 is 0 Å². The molecule has 5 nitrogen and oxygen atoms in total. The van der Waals surface area contributed by atoms with Crippen molar-refractivity contribution in [3.8, 4) is 5.75 Å². The molecule has 2 aromatic carbocycles. The normalized spacial score (nSPS) is 13.8. The topological polar surface area (TPSA) is 58.6 Å². The molecule has 25 heavy (non-hydrogen) atoms. The molecule has 130 valence electrons. The fourth-order valence-electron chi connectivity index (χ4n) is 3.23. The van der Waals surface area contributed by atoms with Gasteiger partial charge in [-0.3, -0.25) is 9.59 Å². The highest BCUT2D eigenvalue weighted by molar-refractivity contribution is 6.07. The van der Waals surface area contributed by atoms with Crippen LogP contribution in [-0.4, -0.2) is 36.9 Å². The highest BCUT2D eigenvalue weighted by Crippen LogP contribution is 2.27. The third-order valence-corrected chi connectivity index (χ3v) is 4.40. The van der Waals surface area contributed by atoms with E-state index in [0.717, 1.165) is 16.7 Å². The molecule has 2 aromatic rings. The molecule has 0 saturated carbocycles. The summed E-state index contributed by atoms with van der Waals surface area (Å²) in [4.78, 5) is 26.8. The predicted molar refractivity (Wildman–Crippen MR) is 97.5 cm³/mol. The second-order valence-electron chi connectivity index (χ2n) is 6.51. The number of benzene rings is 2. The largest absolute Gasteiger partial charge is 0.491 e. The van der Waals surface area contributed by atoms with Crippen LogP contribution in [0.4, 0.5) is 5.69 Å². The number of carbonyl (C=O) groups is 2. The van der Waals surface area contributed by atoms with Gasteiger partial charge < -0.3 is 15.0 Å². The molecule has 1 heterocycles. The monoisotopic (exact) mass is 338 g/mol. The van der Waals surface area contributed by atoms with Crippen molar-refractivity contribution in [2.45, 2.75) is 20.8 Å². The molecule has 0 fully saturated rings. The van der Waals surface area contributed by atoms with Gasteiger partial charge in [-0.25, -0.2) is 0 Å². The minimum Gasteiger partial charge on any atom is -0.491 e. The minimum atomic E-state index is -0.176. The standard InChI is InChI=1S/C20H22N2O3/c1-12-9-13(2)18(14(3)10-12)19(23)21-15-5-6-17-16(11-15)20(24)22(4)7-8-25-17/h5-6,9-11H,7-8H2,1-4H3,(H,21,23). The Labute approximate surface area is 147 Å². The Morgan fingerprint density at radius 1 is 1.12 bits per heavy atom. The van der Waals surface area contributed by atoms with Gasteiger partial charge in [0.05, 0.1) is 12.1 Å². The molecule has 0 aliphatic carbocycles. The highest BCUT2D eigenvalue weighted by Gasteiger charge is 2.22. The van der Waals surface area contributed by atoms with Gasteiger partial charge >= 0.3 is 0 Å². The van der Waals surface area contributed by atoms with Gasteiger partial charge in [0.15, 0.2) is 0 Å². The van der Waals surface area contributed by atoms with Crippen LogP contribution in [0.1, 0.15) is 37.4 Å². The van der Waals surface area contributed by atoms with Crippen LogP contribution in [0.25, 0.3) is 0 Å². The van der Waals surface area contributed by atoms with Crippen LogP contribution in [0.5, 0.6) is 5.75 Å². The van der Waals surface area contributed by atoms with Crippen LogP contribution < -0.4 is 10.1 Å². The molecule has 0 spiro atoms. The number of amides is 2. The third-order valence-electron chi connectivity index (χ3n) is 4.40. The zero-order valence-corrected chi connectivity index (χ0v) is 15.0. The summed E-state index contributed by atoms with van der Waals surface area (Å²) in [6.07, 6.45) is 0. The summed E-state index contributed by atoms with van der Waals surface area (Å²) >= 11 is 0. The van der Waals surface area contributed by atoms with E-state index in [1.54, 1.807) is 30.1 Å². The van der Waals surface area contributed by atoms with Crippen molar-refractivity contribution in [2.75, 3.05) is 25.5 Å². The maximum absolute atomic E-state index is 12.7. The molecule has 3 rings (SSSR count). The summed E-state index contributed by atoms with van der Waals surface area (Å²) in [5.41, 5.74) is 4.71. The average Bonchev–Trinajstić information content (AvgIpc) is 2.66. The quantitative estimate of drug-likeness (QED) is 0.914. The SMILES string of the molecule is Cc1cc(C)c(C(=O)Nc2ccc3c(c2)C(=O)N(C)CCO3)c(C)c1. The fraction of sp³-hybridized carbons (Fsp3) is 0.300. The number of likely N-dealkylation sites (N-methyl/N-ethyl adjacent to an activating group) is 1. The van der Waals surface area contributed by atoms with Gasteiger partial charge in [0.25, 0.3) is 11.8 Å². The van der Waals surface area contributed by atoms with Crippen molar-refractivity contribution in [1.29, 1.82) is 0 Å². The van der Waals surface area contributed by atoms with Crippen LogP contribution in [-0.2, 0) is 0 Å². The summed E-state index contributed by atoms with van der Waals surface area (Å²) in [5, 5.41) is 2.90.